The molecule has 0 heterocycles. The molecule has 2 aromatic carbocycles. The van der Waals surface area contributed by atoms with Crippen LogP contribution in [-0.2, 0) is 9.68 Å². The Bertz CT molecular complexity index is 549. The van der Waals surface area contributed by atoms with E-state index < -0.39 is 21.6 Å². The van der Waals surface area contributed by atoms with Gasteiger partial charge in [-0.1, -0.05) is 0 Å². The Hall–Kier alpha value is -1.13. The molecule has 0 atom stereocenters. The monoisotopic (exact) mass is 388 g/mol. The summed E-state index contributed by atoms with van der Waals surface area (Å²) in [6.45, 7) is 2.90. The molecule has 0 aliphatic rings. The van der Waals surface area contributed by atoms with Gasteiger partial charge >= 0.3 is 137 Å². The molecule has 108 valence electrons. The molecule has 0 aliphatic heterocycles. The van der Waals surface area contributed by atoms with Crippen LogP contribution in [0.5, 0.6) is 0 Å². The van der Waals surface area contributed by atoms with Crippen LogP contribution in [0.15, 0.2) is 54.6 Å². The number of benzene rings is 2. The first kappa shape index (κ1) is 16.2. The molecule has 0 saturated heterocycles. The summed E-state index contributed by atoms with van der Waals surface area (Å²) in [6.07, 6.45) is 2.54. The van der Waals surface area contributed by atoms with E-state index in [9.17, 15) is 4.79 Å². The van der Waals surface area contributed by atoms with Gasteiger partial charge in [-0.05, 0) is 0 Å². The molecule has 0 unspecified atom stereocenters. The molecular formula is C18H20O2Sn. The van der Waals surface area contributed by atoms with Crippen molar-refractivity contribution in [3.05, 3.63) is 71.3 Å². The Balaban J connectivity index is 1.88. The van der Waals surface area contributed by atoms with Crippen LogP contribution in [0.2, 0.25) is 4.44 Å². The van der Waals surface area contributed by atoms with Crippen molar-refractivity contribution >= 4 is 27.3 Å². The van der Waals surface area contributed by atoms with Gasteiger partial charge in [-0.25, -0.2) is 0 Å². The quantitative estimate of drug-likeness (QED) is 0.384. The summed E-state index contributed by atoms with van der Waals surface area (Å²) >= 11 is -0.642. The fourth-order valence-electron chi connectivity index (χ4n) is 1.96. The maximum absolute atomic E-state index is 12.3. The number of rotatable bonds is 8. The summed E-state index contributed by atoms with van der Waals surface area (Å²) < 4.78 is 7.07. The van der Waals surface area contributed by atoms with Crippen molar-refractivity contribution in [2.24, 2.45) is 0 Å². The topological polar surface area (TPSA) is 26.3 Å². The first-order valence-electron chi connectivity index (χ1n) is 7.34. The first-order valence-corrected chi connectivity index (χ1v) is 10.5. The van der Waals surface area contributed by atoms with E-state index in [1.807, 2.05) is 54.6 Å². The second kappa shape index (κ2) is 9.00. The number of carbonyl (C=O) groups is 1. The second-order valence-electron chi connectivity index (χ2n) is 4.93. The van der Waals surface area contributed by atoms with Crippen molar-refractivity contribution in [1.82, 2.24) is 0 Å². The molecule has 2 nitrogen and oxygen atoms in total. The predicted octanol–water partition coefficient (Wildman–Crippen LogP) is 4.27. The summed E-state index contributed by atoms with van der Waals surface area (Å²) in [7, 11) is 0. The van der Waals surface area contributed by atoms with E-state index in [1.54, 1.807) is 0 Å². The van der Waals surface area contributed by atoms with Gasteiger partial charge in [0, 0.05) is 0 Å². The minimum atomic E-state index is -0.642. The maximum atomic E-state index is 12.3. The van der Waals surface area contributed by atoms with E-state index in [0.717, 1.165) is 16.7 Å². The zero-order valence-corrected chi connectivity index (χ0v) is 15.2. The van der Waals surface area contributed by atoms with Crippen molar-refractivity contribution in [3.8, 4) is 0 Å². The number of hydrogen-bond acceptors (Lipinski definition) is 2. The van der Waals surface area contributed by atoms with Crippen molar-refractivity contribution < 1.29 is 7.87 Å². The Morgan fingerprint density at radius 1 is 1.00 bits per heavy atom. The Kier molecular flexibility index (Phi) is 6.96. The molecule has 0 bridgehead atoms. The zero-order chi connectivity index (χ0) is 14.9. The van der Waals surface area contributed by atoms with Gasteiger partial charge in [0.1, 0.15) is 0 Å². The molecule has 2 radical (unpaired) electrons. The summed E-state index contributed by atoms with van der Waals surface area (Å²) in [6, 6.07) is 17.2. The third kappa shape index (κ3) is 5.29. The van der Waals surface area contributed by atoms with Crippen LogP contribution >= 0.6 is 0 Å². The Morgan fingerprint density at radius 3 is 2.33 bits per heavy atom. The fourth-order valence-corrected chi connectivity index (χ4v) is 4.56. The average Bonchev–Trinajstić information content (AvgIpc) is 2.55. The van der Waals surface area contributed by atoms with E-state index >= 15 is 0 Å². The van der Waals surface area contributed by atoms with Crippen LogP contribution in [-0.4, -0.2) is 27.3 Å². The van der Waals surface area contributed by atoms with Crippen molar-refractivity contribution in [1.29, 1.82) is 0 Å². The van der Waals surface area contributed by atoms with Gasteiger partial charge in [-0.2, -0.15) is 0 Å². The third-order valence-corrected chi connectivity index (χ3v) is 5.81. The summed E-state index contributed by atoms with van der Waals surface area (Å²) in [5.41, 5.74) is 2.61. The van der Waals surface area contributed by atoms with E-state index in [-0.39, 0.29) is 5.78 Å². The van der Waals surface area contributed by atoms with Gasteiger partial charge in [-0.15, -0.1) is 0 Å². The molecule has 2 rings (SSSR count). The van der Waals surface area contributed by atoms with Crippen LogP contribution in [0.3, 0.4) is 0 Å². The second-order valence-corrected chi connectivity index (χ2v) is 8.00. The molecular weight excluding hydrogens is 367 g/mol. The van der Waals surface area contributed by atoms with Gasteiger partial charge in [0.05, 0.1) is 0 Å². The number of carbonyl (C=O) groups excluding carboxylic acids is 1. The molecule has 0 N–H and O–H groups in total. The SMILES string of the molecule is CCC[CH2][Sn][O]Cc1ccc(C(=O)c2ccccc2)cc1. The van der Waals surface area contributed by atoms with Gasteiger partial charge in [0.15, 0.2) is 0 Å². The van der Waals surface area contributed by atoms with Gasteiger partial charge in [0.2, 0.25) is 0 Å². The van der Waals surface area contributed by atoms with Crippen molar-refractivity contribution in [2.45, 2.75) is 30.8 Å². The van der Waals surface area contributed by atoms with E-state index in [1.165, 1.54) is 17.3 Å². The molecule has 2 aromatic rings. The van der Waals surface area contributed by atoms with Crippen LogP contribution < -0.4 is 0 Å². The van der Waals surface area contributed by atoms with E-state index in [4.69, 9.17) is 3.07 Å². The van der Waals surface area contributed by atoms with E-state index in [2.05, 4.69) is 6.92 Å². The summed E-state index contributed by atoms with van der Waals surface area (Å²) in [5.74, 6) is 0.0717. The van der Waals surface area contributed by atoms with Gasteiger partial charge < -0.3 is 0 Å². The fraction of sp³-hybridized carbons (Fsp3) is 0.278. The average molecular weight is 387 g/mol. The predicted molar refractivity (Wildman–Crippen MR) is 86.6 cm³/mol. The molecule has 3 heteroatoms. The molecule has 0 aliphatic carbocycles. The Labute approximate surface area is 137 Å². The van der Waals surface area contributed by atoms with Gasteiger partial charge in [-0.3, -0.25) is 0 Å². The van der Waals surface area contributed by atoms with E-state index in [0.29, 0.717) is 6.61 Å². The molecule has 0 spiro atoms. The first-order chi connectivity index (χ1) is 10.3. The number of ketones is 1. The Morgan fingerprint density at radius 2 is 1.67 bits per heavy atom. The van der Waals surface area contributed by atoms with Gasteiger partial charge in [0.25, 0.3) is 0 Å². The zero-order valence-electron chi connectivity index (χ0n) is 12.3. The molecule has 0 aromatic heterocycles. The molecule has 21 heavy (non-hydrogen) atoms. The minimum absolute atomic E-state index is 0.0717. The van der Waals surface area contributed by atoms with Crippen LogP contribution in [0.4, 0.5) is 0 Å². The van der Waals surface area contributed by atoms with Crippen LogP contribution in [0.1, 0.15) is 41.3 Å². The number of hydrogen-bond donors (Lipinski definition) is 0. The summed E-state index contributed by atoms with van der Waals surface area (Å²) in [4.78, 5) is 12.3. The van der Waals surface area contributed by atoms with Crippen LogP contribution in [0, 0.1) is 0 Å². The third-order valence-electron chi connectivity index (χ3n) is 3.23. The molecule has 0 amide bonds. The normalized spacial score (nSPS) is 10.5. The standard InChI is InChI=1S/C14H11O2.C4H9.Sn/c15-10-11-6-8-13(9-7-11)14(16)12-4-2-1-3-5-12;1-3-4-2;/h1-9H,10H2;1,3-4H2,2H3;/q-1;;+1. The van der Waals surface area contributed by atoms with Crippen molar-refractivity contribution in [3.63, 3.8) is 0 Å². The van der Waals surface area contributed by atoms with Crippen molar-refractivity contribution in [2.75, 3.05) is 0 Å². The number of unbranched alkanes of at least 4 members (excludes halogenated alkanes) is 1. The molecule has 0 saturated carbocycles. The summed E-state index contributed by atoms with van der Waals surface area (Å²) in [5, 5.41) is 0. The molecule has 0 fully saturated rings. The van der Waals surface area contributed by atoms with Crippen LogP contribution in [0.25, 0.3) is 0 Å².